The van der Waals surface area contributed by atoms with Gasteiger partial charge in [0.25, 0.3) is 0 Å². The highest BCUT2D eigenvalue weighted by molar-refractivity contribution is 9.10. The van der Waals surface area contributed by atoms with Crippen LogP contribution in [0.25, 0.3) is 0 Å². The van der Waals surface area contributed by atoms with E-state index in [1.165, 1.54) is 5.56 Å². The molecule has 1 aromatic rings. The van der Waals surface area contributed by atoms with Crippen LogP contribution in [0.1, 0.15) is 12.5 Å². The van der Waals surface area contributed by atoms with Gasteiger partial charge in [0, 0.05) is 30.1 Å². The molecule has 1 amide bonds. The topological polar surface area (TPSA) is 58.4 Å². The predicted molar refractivity (Wildman–Crippen MR) is 79.9 cm³/mol. The van der Waals surface area contributed by atoms with Gasteiger partial charge in [0.15, 0.2) is 0 Å². The summed E-state index contributed by atoms with van der Waals surface area (Å²) < 4.78 is 1.08. The molecule has 2 unspecified atom stereocenters. The van der Waals surface area contributed by atoms with Gasteiger partial charge in [0.2, 0.25) is 5.91 Å². The van der Waals surface area contributed by atoms with Gasteiger partial charge in [-0.15, -0.1) is 0 Å². The molecule has 1 heterocycles. The minimum absolute atomic E-state index is 0.195. The number of piperazine rings is 1. The number of halogens is 1. The fourth-order valence-corrected chi connectivity index (χ4v) is 2.85. The Bertz CT molecular complexity index is 435. The molecule has 5 heteroatoms. The molecule has 104 valence electrons. The monoisotopic (exact) mass is 325 g/mol. The van der Waals surface area contributed by atoms with E-state index in [2.05, 4.69) is 45.2 Å². The Morgan fingerprint density at radius 1 is 1.53 bits per heavy atom. The number of primary amides is 1. The fourth-order valence-electron chi connectivity index (χ4n) is 2.59. The maximum atomic E-state index is 11.5. The van der Waals surface area contributed by atoms with Gasteiger partial charge in [0.1, 0.15) is 6.04 Å². The normalized spacial score (nSPS) is 22.1. The van der Waals surface area contributed by atoms with E-state index in [-0.39, 0.29) is 11.9 Å². The molecule has 3 N–H and O–H groups in total. The van der Waals surface area contributed by atoms with E-state index in [4.69, 9.17) is 5.73 Å². The lowest BCUT2D eigenvalue weighted by atomic mass is 10.0. The Balaban J connectivity index is 2.03. The summed E-state index contributed by atoms with van der Waals surface area (Å²) in [6, 6.07) is 8.43. The molecule has 4 nitrogen and oxygen atoms in total. The van der Waals surface area contributed by atoms with Gasteiger partial charge < -0.3 is 11.1 Å². The van der Waals surface area contributed by atoms with Crippen LogP contribution in [0, 0.1) is 0 Å². The molecular formula is C14H20BrN3O. The Labute approximate surface area is 122 Å². The molecule has 0 saturated carbocycles. The van der Waals surface area contributed by atoms with Crippen molar-refractivity contribution in [3.05, 3.63) is 34.3 Å². The quantitative estimate of drug-likeness (QED) is 0.872. The number of nitrogens with zero attached hydrogens (tertiary/aromatic N) is 1. The number of amides is 1. The van der Waals surface area contributed by atoms with Crippen LogP contribution in [-0.4, -0.2) is 42.5 Å². The molecule has 0 aromatic heterocycles. The molecule has 1 fully saturated rings. The van der Waals surface area contributed by atoms with Crippen molar-refractivity contribution in [3.8, 4) is 0 Å². The van der Waals surface area contributed by atoms with E-state index >= 15 is 0 Å². The third-order valence-corrected chi connectivity index (χ3v) is 4.15. The SMILES string of the molecule is CC(Cc1ccc(Br)cc1)N1CCNCC1C(N)=O. The second-order valence-electron chi connectivity index (χ2n) is 5.04. The van der Waals surface area contributed by atoms with Crippen LogP contribution in [0.15, 0.2) is 28.7 Å². The summed E-state index contributed by atoms with van der Waals surface area (Å²) in [4.78, 5) is 13.7. The summed E-state index contributed by atoms with van der Waals surface area (Å²) >= 11 is 3.44. The van der Waals surface area contributed by atoms with Crippen molar-refractivity contribution in [2.75, 3.05) is 19.6 Å². The average Bonchev–Trinajstić information content (AvgIpc) is 2.41. The van der Waals surface area contributed by atoms with Crippen molar-refractivity contribution in [2.24, 2.45) is 5.73 Å². The van der Waals surface area contributed by atoms with Gasteiger partial charge in [-0.05, 0) is 31.0 Å². The molecule has 19 heavy (non-hydrogen) atoms. The molecule has 1 saturated heterocycles. The number of carbonyl (C=O) groups excluding carboxylic acids is 1. The summed E-state index contributed by atoms with van der Waals surface area (Å²) in [5.74, 6) is -0.241. The Morgan fingerprint density at radius 3 is 2.84 bits per heavy atom. The summed E-state index contributed by atoms with van der Waals surface area (Å²) in [5.41, 5.74) is 6.76. The molecule has 0 aliphatic carbocycles. The Morgan fingerprint density at radius 2 is 2.21 bits per heavy atom. The van der Waals surface area contributed by atoms with Crippen molar-refractivity contribution in [2.45, 2.75) is 25.4 Å². The smallest absolute Gasteiger partial charge is 0.236 e. The Hall–Kier alpha value is -0.910. The highest BCUT2D eigenvalue weighted by Gasteiger charge is 2.30. The number of carbonyl (C=O) groups is 1. The van der Waals surface area contributed by atoms with Crippen molar-refractivity contribution in [1.82, 2.24) is 10.2 Å². The zero-order chi connectivity index (χ0) is 13.8. The number of nitrogens with two attached hydrogens (primary N) is 1. The second-order valence-corrected chi connectivity index (χ2v) is 5.96. The van der Waals surface area contributed by atoms with Crippen LogP contribution in [0.2, 0.25) is 0 Å². The van der Waals surface area contributed by atoms with E-state index in [0.717, 1.165) is 24.0 Å². The lowest BCUT2D eigenvalue weighted by Crippen LogP contribution is -2.59. The Kier molecular flexibility index (Phi) is 4.96. The molecule has 2 atom stereocenters. The minimum Gasteiger partial charge on any atom is -0.368 e. The first kappa shape index (κ1) is 14.5. The van der Waals surface area contributed by atoms with E-state index in [0.29, 0.717) is 12.6 Å². The standard InChI is InChI=1S/C14H20BrN3O/c1-10(8-11-2-4-12(15)5-3-11)18-7-6-17-9-13(18)14(16)19/h2-5,10,13,17H,6-9H2,1H3,(H2,16,19). The molecular weight excluding hydrogens is 306 g/mol. The van der Waals surface area contributed by atoms with Crippen LogP contribution < -0.4 is 11.1 Å². The second kappa shape index (κ2) is 6.50. The van der Waals surface area contributed by atoms with E-state index in [1.54, 1.807) is 0 Å². The lowest BCUT2D eigenvalue weighted by Gasteiger charge is -2.38. The minimum atomic E-state index is -0.241. The van der Waals surface area contributed by atoms with Gasteiger partial charge in [-0.2, -0.15) is 0 Å². The van der Waals surface area contributed by atoms with Crippen LogP contribution in [0.4, 0.5) is 0 Å². The maximum absolute atomic E-state index is 11.5. The van der Waals surface area contributed by atoms with E-state index in [9.17, 15) is 4.79 Å². The number of hydrogen-bond donors (Lipinski definition) is 2. The van der Waals surface area contributed by atoms with Gasteiger partial charge >= 0.3 is 0 Å². The maximum Gasteiger partial charge on any atom is 0.236 e. The molecule has 1 aliphatic heterocycles. The highest BCUT2D eigenvalue weighted by Crippen LogP contribution is 2.16. The molecule has 2 rings (SSSR count). The first-order valence-corrected chi connectivity index (χ1v) is 7.37. The van der Waals surface area contributed by atoms with Gasteiger partial charge in [-0.25, -0.2) is 0 Å². The zero-order valence-electron chi connectivity index (χ0n) is 11.1. The number of benzene rings is 1. The third-order valence-electron chi connectivity index (χ3n) is 3.62. The van der Waals surface area contributed by atoms with Crippen molar-refractivity contribution in [1.29, 1.82) is 0 Å². The molecule has 1 aliphatic rings. The predicted octanol–water partition coefficient (Wildman–Crippen LogP) is 1.14. The van der Waals surface area contributed by atoms with Crippen molar-refractivity contribution < 1.29 is 4.79 Å². The third kappa shape index (κ3) is 3.78. The molecule has 1 aromatic carbocycles. The van der Waals surface area contributed by atoms with Crippen LogP contribution in [0.3, 0.4) is 0 Å². The number of nitrogens with one attached hydrogen (secondary N) is 1. The summed E-state index contributed by atoms with van der Waals surface area (Å²) in [6.07, 6.45) is 0.928. The van der Waals surface area contributed by atoms with Crippen LogP contribution in [-0.2, 0) is 11.2 Å². The van der Waals surface area contributed by atoms with E-state index in [1.807, 2.05) is 12.1 Å². The summed E-state index contributed by atoms with van der Waals surface area (Å²) in [6.45, 7) is 4.59. The van der Waals surface area contributed by atoms with E-state index < -0.39 is 0 Å². The first-order valence-electron chi connectivity index (χ1n) is 6.58. The van der Waals surface area contributed by atoms with Crippen molar-refractivity contribution in [3.63, 3.8) is 0 Å². The molecule has 0 spiro atoms. The average molecular weight is 326 g/mol. The highest BCUT2D eigenvalue weighted by atomic mass is 79.9. The largest absolute Gasteiger partial charge is 0.368 e. The summed E-state index contributed by atoms with van der Waals surface area (Å²) in [5, 5.41) is 3.22. The lowest BCUT2D eigenvalue weighted by molar-refractivity contribution is -0.124. The van der Waals surface area contributed by atoms with Gasteiger partial charge in [-0.1, -0.05) is 28.1 Å². The van der Waals surface area contributed by atoms with Gasteiger partial charge in [0.05, 0.1) is 0 Å². The molecule has 0 bridgehead atoms. The summed E-state index contributed by atoms with van der Waals surface area (Å²) in [7, 11) is 0. The van der Waals surface area contributed by atoms with Crippen LogP contribution in [0.5, 0.6) is 0 Å². The zero-order valence-corrected chi connectivity index (χ0v) is 12.7. The first-order chi connectivity index (χ1) is 9.08. The number of hydrogen-bond acceptors (Lipinski definition) is 3. The fraction of sp³-hybridized carbons (Fsp3) is 0.500. The number of rotatable bonds is 4. The van der Waals surface area contributed by atoms with Gasteiger partial charge in [-0.3, -0.25) is 9.69 Å². The van der Waals surface area contributed by atoms with Crippen molar-refractivity contribution >= 4 is 21.8 Å². The molecule has 0 radical (unpaired) electrons. The van der Waals surface area contributed by atoms with Crippen LogP contribution >= 0.6 is 15.9 Å².